The Morgan fingerprint density at radius 1 is 0.674 bits per heavy atom. The smallest absolute Gasteiger partial charge is 0.305 e. The molecule has 246 valence electrons. The van der Waals surface area contributed by atoms with Gasteiger partial charge in [-0.05, 0) is 61.5 Å². The van der Waals surface area contributed by atoms with Crippen molar-refractivity contribution in [3.05, 3.63) is 96.1 Å². The molecule has 0 heterocycles. The van der Waals surface area contributed by atoms with Crippen molar-refractivity contribution < 1.29 is 24.3 Å². The van der Waals surface area contributed by atoms with Gasteiger partial charge in [-0.15, -0.1) is 0 Å². The predicted octanol–water partition coefficient (Wildman–Crippen LogP) is 3.06. The number of likely N-dealkylation sites (N-methyl/N-ethyl adjacent to an activating group) is 1. The van der Waals surface area contributed by atoms with Crippen LogP contribution in [-0.4, -0.2) is 103 Å². The van der Waals surface area contributed by atoms with E-state index < -0.39 is 11.9 Å². The molecule has 46 heavy (non-hydrogen) atoms. The summed E-state index contributed by atoms with van der Waals surface area (Å²) in [5.74, 6) is -2.11. The fourth-order valence-corrected chi connectivity index (χ4v) is 4.94. The molecule has 3 rings (SSSR count). The van der Waals surface area contributed by atoms with Gasteiger partial charge in [-0.3, -0.25) is 24.1 Å². The summed E-state index contributed by atoms with van der Waals surface area (Å²) >= 11 is 0. The highest BCUT2D eigenvalue weighted by molar-refractivity contribution is 5.89. The van der Waals surface area contributed by atoms with E-state index in [0.717, 1.165) is 41.5 Å². The summed E-state index contributed by atoms with van der Waals surface area (Å²) < 4.78 is 0. The molecule has 0 fully saturated rings. The number of amides is 3. The van der Waals surface area contributed by atoms with Gasteiger partial charge in [-0.2, -0.15) is 0 Å². The van der Waals surface area contributed by atoms with Crippen molar-refractivity contribution in [2.45, 2.75) is 32.1 Å². The summed E-state index contributed by atoms with van der Waals surface area (Å²) in [4.78, 5) is 55.8. The number of benzene rings is 3. The zero-order valence-electron chi connectivity index (χ0n) is 26.8. The van der Waals surface area contributed by atoms with Crippen LogP contribution in [0.15, 0.2) is 84.9 Å². The van der Waals surface area contributed by atoms with Gasteiger partial charge in [0.2, 0.25) is 17.7 Å². The van der Waals surface area contributed by atoms with E-state index in [-0.39, 0.29) is 51.0 Å². The van der Waals surface area contributed by atoms with Crippen LogP contribution in [-0.2, 0) is 32.0 Å². The van der Waals surface area contributed by atoms with Gasteiger partial charge in [0.25, 0.3) is 0 Å². The number of unbranched alkanes of at least 4 members (excludes halogenated alkanes) is 1. The summed E-state index contributed by atoms with van der Waals surface area (Å²) in [5.41, 5.74) is 9.88. The Balaban J connectivity index is 1.67. The van der Waals surface area contributed by atoms with E-state index in [9.17, 15) is 24.3 Å². The Hall–Kier alpha value is -4.54. The third kappa shape index (κ3) is 13.2. The van der Waals surface area contributed by atoms with Crippen LogP contribution in [0.5, 0.6) is 0 Å². The van der Waals surface area contributed by atoms with E-state index >= 15 is 0 Å². The lowest BCUT2D eigenvalue weighted by Crippen LogP contribution is -2.49. The van der Waals surface area contributed by atoms with Crippen LogP contribution in [0.4, 0.5) is 0 Å². The van der Waals surface area contributed by atoms with Crippen molar-refractivity contribution in [1.29, 1.82) is 0 Å². The summed E-state index contributed by atoms with van der Waals surface area (Å²) in [7, 11) is 1.82. The number of rotatable bonds is 20. The Morgan fingerprint density at radius 2 is 1.24 bits per heavy atom. The van der Waals surface area contributed by atoms with Crippen molar-refractivity contribution in [2.24, 2.45) is 5.73 Å². The Morgan fingerprint density at radius 3 is 1.89 bits per heavy atom. The lowest BCUT2D eigenvalue weighted by atomic mass is 10.0. The molecule has 10 nitrogen and oxygen atoms in total. The van der Waals surface area contributed by atoms with Crippen LogP contribution >= 0.6 is 0 Å². The minimum atomic E-state index is -1.06. The van der Waals surface area contributed by atoms with Crippen molar-refractivity contribution in [2.75, 3.05) is 59.4 Å². The number of carbonyl (C=O) groups excluding carboxylic acids is 3. The number of hydrogen-bond acceptors (Lipinski definition) is 6. The molecule has 0 spiro atoms. The molecule has 0 aliphatic heterocycles. The molecule has 0 aliphatic carbocycles. The Kier molecular flexibility index (Phi) is 15.4. The molecule has 0 radical (unpaired) electrons. The topological polar surface area (TPSA) is 136 Å². The van der Waals surface area contributed by atoms with E-state index in [1.807, 2.05) is 96.9 Å². The van der Waals surface area contributed by atoms with E-state index in [1.54, 1.807) is 0 Å². The van der Waals surface area contributed by atoms with Gasteiger partial charge in [-0.1, -0.05) is 84.9 Å². The molecule has 0 bridgehead atoms. The molecule has 3 amide bonds. The van der Waals surface area contributed by atoms with Crippen LogP contribution in [0.3, 0.4) is 0 Å². The Bertz CT molecular complexity index is 1370. The zero-order chi connectivity index (χ0) is 33.1. The second kappa shape index (κ2) is 19.8. The number of aliphatic carboxylic acids is 1. The summed E-state index contributed by atoms with van der Waals surface area (Å²) in [6.45, 7) is 1.32. The highest BCUT2D eigenvalue weighted by Gasteiger charge is 2.24. The molecular weight excluding hydrogens is 582 g/mol. The summed E-state index contributed by atoms with van der Waals surface area (Å²) in [6, 6.07) is 28.0. The minimum Gasteiger partial charge on any atom is -0.481 e. The van der Waals surface area contributed by atoms with Gasteiger partial charge in [0, 0.05) is 26.2 Å². The SMILES string of the molecule is CN(CCc1ccccc1)CC(=O)N(CCC(=O)O)CC(=O)N(CCc1ccc(-c2ccccc2)cc1)CC(=O)NCCCCN. The standard InChI is InChI=1S/C36H47N5O5/c1-39(23-18-29-10-4-2-5-11-29)27-34(43)41(25-20-36(45)46)28-35(44)40(26-33(42)38-22-9-8-21-37)24-19-30-14-16-32(17-15-30)31-12-6-3-7-13-31/h2-7,10-17H,8-9,18-28,37H2,1H3,(H,38,42)(H,45,46). The van der Waals surface area contributed by atoms with Crippen molar-refractivity contribution in [3.63, 3.8) is 0 Å². The number of nitrogens with two attached hydrogens (primary N) is 1. The normalized spacial score (nSPS) is 10.8. The molecule has 0 saturated carbocycles. The third-order valence-corrected chi connectivity index (χ3v) is 7.68. The maximum absolute atomic E-state index is 13.6. The molecular formula is C36H47N5O5. The van der Waals surface area contributed by atoms with Gasteiger partial charge in [0.1, 0.15) is 0 Å². The summed E-state index contributed by atoms with van der Waals surface area (Å²) in [6.07, 6.45) is 2.48. The molecule has 0 unspecified atom stereocenters. The first-order valence-corrected chi connectivity index (χ1v) is 15.9. The third-order valence-electron chi connectivity index (χ3n) is 7.68. The number of nitrogens with one attached hydrogen (secondary N) is 1. The van der Waals surface area contributed by atoms with E-state index in [1.165, 1.54) is 9.80 Å². The molecule has 0 saturated heterocycles. The van der Waals surface area contributed by atoms with E-state index in [2.05, 4.69) is 5.32 Å². The average Bonchev–Trinajstić information content (AvgIpc) is 3.06. The average molecular weight is 630 g/mol. The molecule has 3 aromatic carbocycles. The van der Waals surface area contributed by atoms with E-state index in [4.69, 9.17) is 5.73 Å². The van der Waals surface area contributed by atoms with Crippen LogP contribution in [0.1, 0.15) is 30.4 Å². The molecule has 10 heteroatoms. The minimum absolute atomic E-state index is 0.0368. The molecule has 0 aliphatic rings. The number of carboxylic acids is 1. The molecule has 4 N–H and O–H groups in total. The lowest BCUT2D eigenvalue weighted by Gasteiger charge is -2.28. The molecule has 0 aromatic heterocycles. The van der Waals surface area contributed by atoms with Gasteiger partial charge >= 0.3 is 5.97 Å². The highest BCUT2D eigenvalue weighted by atomic mass is 16.4. The van der Waals surface area contributed by atoms with Crippen LogP contribution in [0.25, 0.3) is 11.1 Å². The fourth-order valence-electron chi connectivity index (χ4n) is 4.94. The fraction of sp³-hybridized carbons (Fsp3) is 0.389. The monoisotopic (exact) mass is 629 g/mol. The zero-order valence-corrected chi connectivity index (χ0v) is 26.8. The van der Waals surface area contributed by atoms with Crippen molar-refractivity contribution in [3.8, 4) is 11.1 Å². The molecule has 3 aromatic rings. The Labute approximate surface area is 272 Å². The second-order valence-electron chi connectivity index (χ2n) is 11.4. The predicted molar refractivity (Wildman–Crippen MR) is 180 cm³/mol. The second-order valence-corrected chi connectivity index (χ2v) is 11.4. The first-order valence-electron chi connectivity index (χ1n) is 15.9. The van der Waals surface area contributed by atoms with Crippen molar-refractivity contribution >= 4 is 23.7 Å². The van der Waals surface area contributed by atoms with Gasteiger partial charge in [-0.25, -0.2) is 0 Å². The number of nitrogens with zero attached hydrogens (tertiary/aromatic N) is 3. The summed E-state index contributed by atoms with van der Waals surface area (Å²) in [5, 5.41) is 12.2. The largest absolute Gasteiger partial charge is 0.481 e. The lowest BCUT2D eigenvalue weighted by molar-refractivity contribution is -0.144. The number of carboxylic acid groups (broad SMARTS) is 1. The quantitative estimate of drug-likeness (QED) is 0.164. The van der Waals surface area contributed by atoms with Gasteiger partial charge in [0.05, 0.1) is 26.1 Å². The molecule has 0 atom stereocenters. The maximum Gasteiger partial charge on any atom is 0.305 e. The van der Waals surface area contributed by atoms with Crippen LogP contribution in [0, 0.1) is 0 Å². The van der Waals surface area contributed by atoms with Crippen molar-refractivity contribution in [1.82, 2.24) is 20.0 Å². The van der Waals surface area contributed by atoms with Crippen LogP contribution < -0.4 is 11.1 Å². The number of hydrogen-bond donors (Lipinski definition) is 3. The van der Waals surface area contributed by atoms with Gasteiger partial charge in [0.15, 0.2) is 0 Å². The first-order chi connectivity index (χ1) is 22.2. The van der Waals surface area contributed by atoms with E-state index in [0.29, 0.717) is 26.1 Å². The maximum atomic E-state index is 13.6. The van der Waals surface area contributed by atoms with Gasteiger partial charge < -0.3 is 26.0 Å². The first kappa shape index (κ1) is 35.9. The highest BCUT2D eigenvalue weighted by Crippen LogP contribution is 2.19. The number of carbonyl (C=O) groups is 4. The van der Waals surface area contributed by atoms with Crippen LogP contribution in [0.2, 0.25) is 0 Å².